The fraction of sp³-hybridized carbons (Fsp3) is 0.389. The first kappa shape index (κ1) is 21.2. The molecule has 140 valence electrons. The van der Waals surface area contributed by atoms with E-state index in [1.807, 2.05) is 12.1 Å². The van der Waals surface area contributed by atoms with Crippen LogP contribution in [0.4, 0.5) is 0 Å². The van der Waals surface area contributed by atoms with E-state index in [1.165, 1.54) is 19.8 Å². The van der Waals surface area contributed by atoms with Crippen molar-refractivity contribution in [2.45, 2.75) is 39.5 Å². The molecule has 1 aromatic rings. The summed E-state index contributed by atoms with van der Waals surface area (Å²) in [5.74, 6) is 0.141. The molecule has 0 radical (unpaired) electrons. The van der Waals surface area contributed by atoms with E-state index in [0.717, 1.165) is 44.9 Å². The van der Waals surface area contributed by atoms with Gasteiger partial charge >= 0.3 is 0 Å². The van der Waals surface area contributed by atoms with E-state index in [9.17, 15) is 9.59 Å². The second-order valence-electron chi connectivity index (χ2n) is 5.74. The van der Waals surface area contributed by atoms with Crippen LogP contribution in [0.5, 0.6) is 5.75 Å². The SMILES string of the molecule is CCCCCCOc1c(Br)cc(/C=C2/SC(NC(C)=O)=NC2=O)cc1Br. The molecule has 1 aliphatic rings. The van der Waals surface area contributed by atoms with Gasteiger partial charge in [0.25, 0.3) is 5.91 Å². The number of carbonyl (C=O) groups excluding carboxylic acids is 2. The number of hydrogen-bond acceptors (Lipinski definition) is 4. The average molecular weight is 504 g/mol. The van der Waals surface area contributed by atoms with Gasteiger partial charge in [-0.25, -0.2) is 0 Å². The summed E-state index contributed by atoms with van der Waals surface area (Å²) in [4.78, 5) is 27.3. The van der Waals surface area contributed by atoms with Gasteiger partial charge in [-0.15, -0.1) is 0 Å². The molecule has 0 saturated heterocycles. The minimum Gasteiger partial charge on any atom is -0.491 e. The third-order valence-corrected chi connectivity index (χ3v) is 5.54. The Hall–Kier alpha value is -1.12. The van der Waals surface area contributed by atoms with Crippen LogP contribution in [-0.4, -0.2) is 23.6 Å². The lowest BCUT2D eigenvalue weighted by molar-refractivity contribution is -0.117. The number of amides is 2. The van der Waals surface area contributed by atoms with E-state index < -0.39 is 0 Å². The van der Waals surface area contributed by atoms with Crippen LogP contribution in [-0.2, 0) is 9.59 Å². The van der Waals surface area contributed by atoms with Crippen molar-refractivity contribution >= 4 is 66.7 Å². The second kappa shape index (κ2) is 10.3. The third-order valence-electron chi connectivity index (χ3n) is 3.47. The van der Waals surface area contributed by atoms with Crippen molar-refractivity contribution in [2.75, 3.05) is 6.61 Å². The van der Waals surface area contributed by atoms with E-state index in [1.54, 1.807) is 6.08 Å². The number of aliphatic imine (C=N–C) groups is 1. The molecular formula is C18H20Br2N2O3S. The van der Waals surface area contributed by atoms with Crippen molar-refractivity contribution in [1.29, 1.82) is 0 Å². The molecule has 5 nitrogen and oxygen atoms in total. The molecule has 0 aliphatic carbocycles. The highest BCUT2D eigenvalue weighted by atomic mass is 79.9. The Labute approximate surface area is 174 Å². The molecule has 0 bridgehead atoms. The van der Waals surface area contributed by atoms with E-state index >= 15 is 0 Å². The highest BCUT2D eigenvalue weighted by molar-refractivity contribution is 9.11. The van der Waals surface area contributed by atoms with E-state index in [0.29, 0.717) is 16.7 Å². The Morgan fingerprint density at radius 3 is 2.58 bits per heavy atom. The summed E-state index contributed by atoms with van der Waals surface area (Å²) in [5, 5.41) is 2.84. The maximum Gasteiger partial charge on any atom is 0.286 e. The summed E-state index contributed by atoms with van der Waals surface area (Å²) in [6, 6.07) is 3.78. The number of nitrogens with zero attached hydrogens (tertiary/aromatic N) is 1. The summed E-state index contributed by atoms with van der Waals surface area (Å²) in [7, 11) is 0. The number of nitrogens with one attached hydrogen (secondary N) is 1. The zero-order chi connectivity index (χ0) is 19.1. The molecule has 1 N–H and O–H groups in total. The smallest absolute Gasteiger partial charge is 0.286 e. The van der Waals surface area contributed by atoms with Crippen molar-refractivity contribution in [3.05, 3.63) is 31.5 Å². The van der Waals surface area contributed by atoms with Crippen LogP contribution in [0, 0.1) is 0 Å². The molecule has 2 amide bonds. The minimum atomic E-state index is -0.359. The highest BCUT2D eigenvalue weighted by Crippen LogP contribution is 2.37. The number of benzene rings is 1. The quantitative estimate of drug-likeness (QED) is 0.406. The lowest BCUT2D eigenvalue weighted by Gasteiger charge is -2.11. The van der Waals surface area contributed by atoms with Crippen LogP contribution in [0.1, 0.15) is 45.1 Å². The molecule has 2 rings (SSSR count). The van der Waals surface area contributed by atoms with Crippen LogP contribution in [0.15, 0.2) is 31.0 Å². The fourth-order valence-electron chi connectivity index (χ4n) is 2.27. The molecule has 0 unspecified atom stereocenters. The normalized spacial score (nSPS) is 15.3. The molecular weight excluding hydrogens is 484 g/mol. The first-order chi connectivity index (χ1) is 12.4. The molecule has 8 heteroatoms. The fourth-order valence-corrected chi connectivity index (χ4v) is 4.58. The molecule has 1 aliphatic heterocycles. The van der Waals surface area contributed by atoms with Crippen molar-refractivity contribution < 1.29 is 14.3 Å². The Bertz CT molecular complexity index is 740. The zero-order valence-corrected chi connectivity index (χ0v) is 18.6. The topological polar surface area (TPSA) is 67.8 Å². The van der Waals surface area contributed by atoms with Gasteiger partial charge in [0.2, 0.25) is 5.91 Å². The van der Waals surface area contributed by atoms with Gasteiger partial charge in [0, 0.05) is 6.92 Å². The van der Waals surface area contributed by atoms with Gasteiger partial charge in [0.15, 0.2) is 5.17 Å². The average Bonchev–Trinajstić information content (AvgIpc) is 2.88. The molecule has 0 spiro atoms. The lowest BCUT2D eigenvalue weighted by Crippen LogP contribution is -2.23. The Kier molecular flexibility index (Phi) is 8.37. The molecule has 0 aromatic heterocycles. The standard InChI is InChI=1S/C18H20Br2N2O3S/c1-3-4-5-6-7-25-16-13(19)8-12(9-14(16)20)10-15-17(24)22-18(26-15)21-11(2)23/h8-10H,3-7H2,1-2H3,(H,21,22,23,24)/b15-10+. The number of rotatable bonds is 7. The number of ether oxygens (including phenoxy) is 1. The monoisotopic (exact) mass is 502 g/mol. The predicted octanol–water partition coefficient (Wildman–Crippen LogP) is 5.28. The second-order valence-corrected chi connectivity index (χ2v) is 8.48. The Balaban J connectivity index is 2.05. The Morgan fingerprint density at radius 1 is 1.27 bits per heavy atom. The molecule has 0 saturated carbocycles. The van der Waals surface area contributed by atoms with Gasteiger partial charge in [-0.2, -0.15) is 4.99 Å². The molecule has 26 heavy (non-hydrogen) atoms. The van der Waals surface area contributed by atoms with Gasteiger partial charge in [-0.05, 0) is 73.8 Å². The summed E-state index contributed by atoms with van der Waals surface area (Å²) in [6.45, 7) is 4.23. The van der Waals surface area contributed by atoms with Gasteiger partial charge in [-0.3, -0.25) is 9.59 Å². The number of halogens is 2. The zero-order valence-electron chi connectivity index (χ0n) is 14.6. The van der Waals surface area contributed by atoms with E-state index in [-0.39, 0.29) is 11.8 Å². The number of carbonyl (C=O) groups is 2. The van der Waals surface area contributed by atoms with Crippen LogP contribution in [0.3, 0.4) is 0 Å². The number of unbranched alkanes of at least 4 members (excludes halogenated alkanes) is 3. The van der Waals surface area contributed by atoms with Crippen LogP contribution in [0.2, 0.25) is 0 Å². The summed E-state index contributed by atoms with van der Waals surface area (Å²) >= 11 is 8.20. The third kappa shape index (κ3) is 6.25. The van der Waals surface area contributed by atoms with Crippen molar-refractivity contribution in [2.24, 2.45) is 4.99 Å². The van der Waals surface area contributed by atoms with Crippen LogP contribution in [0.25, 0.3) is 6.08 Å². The number of amidine groups is 1. The van der Waals surface area contributed by atoms with Gasteiger partial charge in [0.05, 0.1) is 20.5 Å². The number of thioether (sulfide) groups is 1. The van der Waals surface area contributed by atoms with Gasteiger partial charge in [0.1, 0.15) is 5.75 Å². The van der Waals surface area contributed by atoms with Crippen molar-refractivity contribution in [3.8, 4) is 5.75 Å². The minimum absolute atomic E-state index is 0.253. The maximum atomic E-state index is 12.0. The van der Waals surface area contributed by atoms with Crippen molar-refractivity contribution in [1.82, 2.24) is 5.32 Å². The largest absolute Gasteiger partial charge is 0.491 e. The highest BCUT2D eigenvalue weighted by Gasteiger charge is 2.22. The molecule has 0 fully saturated rings. The summed E-state index contributed by atoms with van der Waals surface area (Å²) in [5.41, 5.74) is 0.831. The van der Waals surface area contributed by atoms with Gasteiger partial charge < -0.3 is 10.1 Å². The predicted molar refractivity (Wildman–Crippen MR) is 113 cm³/mol. The lowest BCUT2D eigenvalue weighted by atomic mass is 10.2. The Morgan fingerprint density at radius 2 is 1.96 bits per heavy atom. The first-order valence-electron chi connectivity index (χ1n) is 8.32. The summed E-state index contributed by atoms with van der Waals surface area (Å²) in [6.07, 6.45) is 6.33. The van der Waals surface area contributed by atoms with E-state index in [2.05, 4.69) is 49.1 Å². The molecule has 1 aromatic carbocycles. The number of hydrogen-bond donors (Lipinski definition) is 1. The van der Waals surface area contributed by atoms with Gasteiger partial charge in [-0.1, -0.05) is 26.2 Å². The van der Waals surface area contributed by atoms with Crippen molar-refractivity contribution in [3.63, 3.8) is 0 Å². The van der Waals surface area contributed by atoms with Crippen LogP contribution < -0.4 is 10.1 Å². The van der Waals surface area contributed by atoms with E-state index in [4.69, 9.17) is 4.74 Å². The maximum absolute atomic E-state index is 12.0. The van der Waals surface area contributed by atoms with Crippen LogP contribution >= 0.6 is 43.6 Å². The molecule has 0 atom stereocenters. The molecule has 1 heterocycles. The summed E-state index contributed by atoms with van der Waals surface area (Å²) < 4.78 is 7.49. The first-order valence-corrected chi connectivity index (χ1v) is 10.7.